The molecule has 1 saturated heterocycles. The van der Waals surface area contributed by atoms with Gasteiger partial charge < -0.3 is 19.9 Å². The standard InChI is InChI=1S/C26H28N4O3/c1-19(31)29-14-15-30(24(18-29)21-6-4-3-5-7-21)26(32)22-8-9-25(33-2)23(16-22)28-17-20-10-12-27-13-11-20/h3-13,16,24,28H,14-15,17-18H2,1-2H3/t24-/m1/s1. The quantitative estimate of drug-likeness (QED) is 0.627. The fraction of sp³-hybridized carbons (Fsp3) is 0.269. The minimum atomic E-state index is -0.202. The maximum atomic E-state index is 13.6. The average Bonchev–Trinajstić information content (AvgIpc) is 2.87. The van der Waals surface area contributed by atoms with E-state index in [2.05, 4.69) is 10.3 Å². The van der Waals surface area contributed by atoms with E-state index in [4.69, 9.17) is 4.74 Å². The third-order valence-electron chi connectivity index (χ3n) is 5.95. The number of carbonyl (C=O) groups excluding carboxylic acids is 2. The molecule has 1 aliphatic heterocycles. The summed E-state index contributed by atoms with van der Waals surface area (Å²) in [5.41, 5.74) is 3.42. The van der Waals surface area contributed by atoms with Crippen molar-refractivity contribution in [1.29, 1.82) is 0 Å². The van der Waals surface area contributed by atoms with Crippen molar-refractivity contribution in [2.75, 3.05) is 32.1 Å². The Balaban J connectivity index is 1.59. The number of piperazine rings is 1. The van der Waals surface area contributed by atoms with Crippen LogP contribution in [0.3, 0.4) is 0 Å². The van der Waals surface area contributed by atoms with Crippen LogP contribution < -0.4 is 10.1 Å². The zero-order valence-electron chi connectivity index (χ0n) is 18.9. The van der Waals surface area contributed by atoms with Crippen molar-refractivity contribution < 1.29 is 14.3 Å². The number of pyridine rings is 1. The Labute approximate surface area is 194 Å². The first kappa shape index (κ1) is 22.3. The van der Waals surface area contributed by atoms with Crippen molar-refractivity contribution in [2.45, 2.75) is 19.5 Å². The number of hydrogen-bond acceptors (Lipinski definition) is 5. The number of methoxy groups -OCH3 is 1. The number of rotatable bonds is 6. The lowest BCUT2D eigenvalue weighted by molar-refractivity contribution is -0.131. The van der Waals surface area contributed by atoms with Gasteiger partial charge in [0.05, 0.1) is 18.8 Å². The van der Waals surface area contributed by atoms with Gasteiger partial charge in [-0.05, 0) is 41.5 Å². The normalized spacial score (nSPS) is 15.8. The van der Waals surface area contributed by atoms with Crippen LogP contribution in [0.1, 0.15) is 34.5 Å². The van der Waals surface area contributed by atoms with E-state index >= 15 is 0 Å². The van der Waals surface area contributed by atoms with Crippen LogP contribution in [-0.2, 0) is 11.3 Å². The van der Waals surface area contributed by atoms with Crippen molar-refractivity contribution in [2.24, 2.45) is 0 Å². The molecular formula is C26H28N4O3. The number of carbonyl (C=O) groups is 2. The fourth-order valence-electron chi connectivity index (χ4n) is 4.12. The second-order valence-electron chi connectivity index (χ2n) is 8.01. The highest BCUT2D eigenvalue weighted by atomic mass is 16.5. The lowest BCUT2D eigenvalue weighted by atomic mass is 10.0. The first-order chi connectivity index (χ1) is 16.1. The summed E-state index contributed by atoms with van der Waals surface area (Å²) in [6.07, 6.45) is 3.50. The van der Waals surface area contributed by atoms with Gasteiger partial charge in [0.1, 0.15) is 5.75 Å². The molecule has 33 heavy (non-hydrogen) atoms. The number of nitrogens with zero attached hydrogens (tertiary/aromatic N) is 3. The molecule has 1 aromatic heterocycles. The van der Waals surface area contributed by atoms with Crippen LogP contribution in [0.25, 0.3) is 0 Å². The van der Waals surface area contributed by atoms with Crippen LogP contribution in [0.4, 0.5) is 5.69 Å². The van der Waals surface area contributed by atoms with E-state index in [9.17, 15) is 9.59 Å². The van der Waals surface area contributed by atoms with E-state index in [0.29, 0.717) is 37.5 Å². The van der Waals surface area contributed by atoms with Gasteiger partial charge in [-0.15, -0.1) is 0 Å². The van der Waals surface area contributed by atoms with Crippen molar-refractivity contribution >= 4 is 17.5 Å². The Bertz CT molecular complexity index is 1110. The Kier molecular flexibility index (Phi) is 6.88. The van der Waals surface area contributed by atoms with Crippen molar-refractivity contribution in [1.82, 2.24) is 14.8 Å². The molecule has 0 spiro atoms. The minimum Gasteiger partial charge on any atom is -0.495 e. The monoisotopic (exact) mass is 444 g/mol. The molecule has 2 heterocycles. The van der Waals surface area contributed by atoms with Crippen LogP contribution in [0.5, 0.6) is 5.75 Å². The Hall–Kier alpha value is -3.87. The van der Waals surface area contributed by atoms with E-state index < -0.39 is 0 Å². The lowest BCUT2D eigenvalue weighted by Gasteiger charge is -2.41. The lowest BCUT2D eigenvalue weighted by Crippen LogP contribution is -2.51. The van der Waals surface area contributed by atoms with E-state index in [1.807, 2.05) is 59.5 Å². The number of ether oxygens (including phenoxy) is 1. The molecule has 4 rings (SSSR count). The second-order valence-corrected chi connectivity index (χ2v) is 8.01. The molecule has 170 valence electrons. The first-order valence-corrected chi connectivity index (χ1v) is 11.0. The predicted molar refractivity (Wildman–Crippen MR) is 127 cm³/mol. The van der Waals surface area contributed by atoms with Crippen LogP contribution in [0, 0.1) is 0 Å². The minimum absolute atomic E-state index is 0.0232. The highest BCUT2D eigenvalue weighted by Crippen LogP contribution is 2.30. The largest absolute Gasteiger partial charge is 0.495 e. The summed E-state index contributed by atoms with van der Waals surface area (Å²) in [6, 6.07) is 19.0. The molecule has 0 bridgehead atoms. The number of benzene rings is 2. The molecule has 1 aliphatic rings. The third kappa shape index (κ3) is 5.14. The van der Waals surface area contributed by atoms with Crippen LogP contribution in [0.2, 0.25) is 0 Å². The summed E-state index contributed by atoms with van der Waals surface area (Å²) in [5.74, 6) is 0.623. The molecule has 0 unspecified atom stereocenters. The molecule has 2 aromatic carbocycles. The maximum absolute atomic E-state index is 13.6. The Morgan fingerprint density at radius 3 is 2.52 bits per heavy atom. The molecular weight excluding hydrogens is 416 g/mol. The summed E-state index contributed by atoms with van der Waals surface area (Å²) >= 11 is 0. The number of nitrogens with one attached hydrogen (secondary N) is 1. The molecule has 3 aromatic rings. The smallest absolute Gasteiger partial charge is 0.254 e. The van der Waals surface area contributed by atoms with Crippen molar-refractivity contribution in [3.63, 3.8) is 0 Å². The van der Waals surface area contributed by atoms with Gasteiger partial charge in [-0.1, -0.05) is 30.3 Å². The Morgan fingerprint density at radius 2 is 1.82 bits per heavy atom. The van der Waals surface area contributed by atoms with Crippen LogP contribution in [0.15, 0.2) is 73.1 Å². The van der Waals surface area contributed by atoms with Crippen molar-refractivity contribution in [3.05, 3.63) is 89.7 Å². The molecule has 1 atom stereocenters. The van der Waals surface area contributed by atoms with E-state index in [-0.39, 0.29) is 17.9 Å². The molecule has 7 heteroatoms. The van der Waals surface area contributed by atoms with Crippen molar-refractivity contribution in [3.8, 4) is 5.75 Å². The SMILES string of the molecule is COc1ccc(C(=O)N2CCN(C(C)=O)C[C@@H]2c2ccccc2)cc1NCc1ccncc1. The highest BCUT2D eigenvalue weighted by Gasteiger charge is 2.33. The number of anilines is 1. The predicted octanol–water partition coefficient (Wildman–Crippen LogP) is 3.75. The van der Waals surface area contributed by atoms with Gasteiger partial charge in [0, 0.05) is 51.1 Å². The number of hydrogen-bond donors (Lipinski definition) is 1. The summed E-state index contributed by atoms with van der Waals surface area (Å²) in [6.45, 7) is 3.64. The van der Waals surface area contributed by atoms with Gasteiger partial charge in [-0.3, -0.25) is 14.6 Å². The summed E-state index contributed by atoms with van der Waals surface area (Å²) in [7, 11) is 1.61. The second kappa shape index (κ2) is 10.2. The van der Waals surface area contributed by atoms with Crippen LogP contribution >= 0.6 is 0 Å². The van der Waals surface area contributed by atoms with Gasteiger partial charge >= 0.3 is 0 Å². The van der Waals surface area contributed by atoms with Gasteiger partial charge in [0.15, 0.2) is 0 Å². The summed E-state index contributed by atoms with van der Waals surface area (Å²) in [5, 5.41) is 3.37. The summed E-state index contributed by atoms with van der Waals surface area (Å²) in [4.78, 5) is 33.4. The Morgan fingerprint density at radius 1 is 1.06 bits per heavy atom. The third-order valence-corrected chi connectivity index (χ3v) is 5.95. The number of aromatic nitrogens is 1. The van der Waals surface area contributed by atoms with Gasteiger partial charge in [-0.25, -0.2) is 0 Å². The maximum Gasteiger partial charge on any atom is 0.254 e. The van der Waals surface area contributed by atoms with E-state index in [1.54, 1.807) is 37.4 Å². The van der Waals surface area contributed by atoms with Gasteiger partial charge in [0.2, 0.25) is 5.91 Å². The average molecular weight is 445 g/mol. The summed E-state index contributed by atoms with van der Waals surface area (Å²) < 4.78 is 5.50. The molecule has 0 aliphatic carbocycles. The number of amides is 2. The highest BCUT2D eigenvalue weighted by molar-refractivity contribution is 5.96. The molecule has 0 radical (unpaired) electrons. The van der Waals surface area contributed by atoms with E-state index in [0.717, 1.165) is 16.8 Å². The van der Waals surface area contributed by atoms with Gasteiger partial charge in [-0.2, -0.15) is 0 Å². The first-order valence-electron chi connectivity index (χ1n) is 11.0. The fourth-order valence-corrected chi connectivity index (χ4v) is 4.12. The molecule has 0 saturated carbocycles. The molecule has 7 nitrogen and oxygen atoms in total. The van der Waals surface area contributed by atoms with Gasteiger partial charge in [0.25, 0.3) is 5.91 Å². The van der Waals surface area contributed by atoms with Crippen LogP contribution in [-0.4, -0.2) is 53.3 Å². The zero-order chi connectivity index (χ0) is 23.2. The molecule has 1 N–H and O–H groups in total. The molecule has 2 amide bonds. The zero-order valence-corrected chi connectivity index (χ0v) is 18.9. The molecule has 1 fully saturated rings. The topological polar surface area (TPSA) is 74.8 Å². The van der Waals surface area contributed by atoms with E-state index in [1.165, 1.54) is 0 Å².